The Labute approximate surface area is 156 Å². The van der Waals surface area contributed by atoms with Gasteiger partial charge in [-0.2, -0.15) is 0 Å². The van der Waals surface area contributed by atoms with Crippen LogP contribution in [0, 0.1) is 11.8 Å². The Bertz CT molecular complexity index is 677. The number of aliphatic hydroxyl groups is 1. The number of fused-ring (bicyclic) bond motifs is 1. The van der Waals surface area contributed by atoms with Crippen LogP contribution in [0.5, 0.6) is 0 Å². The van der Waals surface area contributed by atoms with Crippen LogP contribution in [0.1, 0.15) is 20.3 Å². The van der Waals surface area contributed by atoms with E-state index in [1.165, 1.54) is 16.7 Å². The molecule has 144 valence electrons. The Balaban J connectivity index is 1.78. The van der Waals surface area contributed by atoms with Gasteiger partial charge in [0.05, 0.1) is 24.1 Å². The Hall–Kier alpha value is -1.58. The Morgan fingerprint density at radius 1 is 1.38 bits per heavy atom. The average molecular weight is 383 g/mol. The number of rotatable bonds is 5. The summed E-state index contributed by atoms with van der Waals surface area (Å²) in [5.74, 6) is -2.14. The van der Waals surface area contributed by atoms with Crippen molar-refractivity contribution in [2.45, 2.75) is 43.7 Å². The number of likely N-dealkylation sites (N-methyl/N-ethyl adjacent to an activating group) is 1. The molecular formula is C17H25N3O5S. The summed E-state index contributed by atoms with van der Waals surface area (Å²) in [7, 11) is 3.42. The SMILES string of the molecule is C[C@@H](O)C1C(=O)N2C(C(=O)O)=C(S[C@@H]3CN[C@H](C(=O)N(C)C)C3)[C@H](C)C12. The Morgan fingerprint density at radius 3 is 2.58 bits per heavy atom. The first-order valence-corrected chi connectivity index (χ1v) is 9.62. The van der Waals surface area contributed by atoms with E-state index in [-0.39, 0.29) is 40.8 Å². The van der Waals surface area contributed by atoms with Crippen LogP contribution in [0.3, 0.4) is 0 Å². The lowest BCUT2D eigenvalue weighted by molar-refractivity contribution is -0.163. The highest BCUT2D eigenvalue weighted by Crippen LogP contribution is 2.51. The molecule has 0 radical (unpaired) electrons. The summed E-state index contributed by atoms with van der Waals surface area (Å²) >= 11 is 1.45. The van der Waals surface area contributed by atoms with Gasteiger partial charge in [-0.05, 0) is 13.3 Å². The number of hydrogen-bond donors (Lipinski definition) is 3. The van der Waals surface area contributed by atoms with Gasteiger partial charge in [0.1, 0.15) is 5.70 Å². The molecular weight excluding hydrogens is 358 g/mol. The molecule has 0 aromatic rings. The maximum absolute atomic E-state index is 12.3. The molecule has 0 aromatic heterocycles. The maximum atomic E-state index is 12.3. The number of carboxylic acids is 1. The first-order valence-electron chi connectivity index (χ1n) is 8.75. The van der Waals surface area contributed by atoms with Crippen molar-refractivity contribution in [3.63, 3.8) is 0 Å². The first-order chi connectivity index (χ1) is 12.1. The highest BCUT2D eigenvalue weighted by atomic mass is 32.2. The average Bonchev–Trinajstić information content (AvgIpc) is 3.09. The third-order valence-electron chi connectivity index (χ3n) is 5.43. The molecule has 0 spiro atoms. The standard InChI is InChI=1S/C17H25N3O5S/c1-7-12-11(8(2)21)16(23)20(12)13(17(24)25)14(7)26-9-5-10(18-6-9)15(22)19(3)4/h7-12,18,21H,5-6H2,1-4H3,(H,24,25)/t7-,8-,9+,10+,11?,12?/m1/s1. The molecule has 2 amide bonds. The number of nitrogens with zero attached hydrogens (tertiary/aromatic N) is 2. The van der Waals surface area contributed by atoms with E-state index in [4.69, 9.17) is 0 Å². The third-order valence-corrected chi connectivity index (χ3v) is 6.95. The van der Waals surface area contributed by atoms with E-state index >= 15 is 0 Å². The summed E-state index contributed by atoms with van der Waals surface area (Å²) in [6, 6.07) is -0.568. The van der Waals surface area contributed by atoms with Crippen molar-refractivity contribution in [1.82, 2.24) is 15.1 Å². The fourth-order valence-electron chi connectivity index (χ4n) is 4.15. The summed E-state index contributed by atoms with van der Waals surface area (Å²) in [5.41, 5.74) is 0.0387. The summed E-state index contributed by atoms with van der Waals surface area (Å²) in [6.07, 6.45) is -0.190. The lowest BCUT2D eigenvalue weighted by Crippen LogP contribution is -2.63. The summed E-state index contributed by atoms with van der Waals surface area (Å²) in [4.78, 5) is 39.8. The van der Waals surface area contributed by atoms with E-state index in [1.807, 2.05) is 6.92 Å². The fraction of sp³-hybridized carbons (Fsp3) is 0.706. The fourth-order valence-corrected chi connectivity index (χ4v) is 5.63. The quantitative estimate of drug-likeness (QED) is 0.559. The van der Waals surface area contributed by atoms with Crippen LogP contribution >= 0.6 is 11.8 Å². The number of hydrogen-bond acceptors (Lipinski definition) is 6. The molecule has 3 rings (SSSR count). The minimum Gasteiger partial charge on any atom is -0.477 e. The van der Waals surface area contributed by atoms with Gasteiger partial charge in [-0.15, -0.1) is 11.8 Å². The molecule has 3 N–H and O–H groups in total. The normalized spacial score (nSPS) is 34.6. The van der Waals surface area contributed by atoms with E-state index in [1.54, 1.807) is 25.9 Å². The topological polar surface area (TPSA) is 110 Å². The molecule has 2 saturated heterocycles. The second-order valence-corrected chi connectivity index (χ2v) is 8.78. The molecule has 3 aliphatic rings. The van der Waals surface area contributed by atoms with Crippen molar-refractivity contribution in [3.05, 3.63) is 10.6 Å². The van der Waals surface area contributed by atoms with E-state index < -0.39 is 18.0 Å². The molecule has 0 bridgehead atoms. The largest absolute Gasteiger partial charge is 0.477 e. The first kappa shape index (κ1) is 19.2. The monoisotopic (exact) mass is 383 g/mol. The Morgan fingerprint density at radius 2 is 2.04 bits per heavy atom. The molecule has 26 heavy (non-hydrogen) atoms. The second-order valence-electron chi connectivity index (χ2n) is 7.44. The highest BCUT2D eigenvalue weighted by Gasteiger charge is 2.60. The number of thioether (sulfide) groups is 1. The van der Waals surface area contributed by atoms with E-state index in [9.17, 15) is 24.6 Å². The van der Waals surface area contributed by atoms with Crippen LogP contribution in [-0.2, 0) is 14.4 Å². The van der Waals surface area contributed by atoms with Gasteiger partial charge in [-0.1, -0.05) is 6.92 Å². The van der Waals surface area contributed by atoms with Gasteiger partial charge in [0.15, 0.2) is 0 Å². The van der Waals surface area contributed by atoms with Crippen molar-refractivity contribution >= 4 is 29.5 Å². The molecule has 2 unspecified atom stereocenters. The minimum atomic E-state index is -1.12. The molecule has 0 saturated carbocycles. The van der Waals surface area contributed by atoms with Crippen LogP contribution in [0.2, 0.25) is 0 Å². The van der Waals surface area contributed by atoms with E-state index in [0.717, 1.165) is 0 Å². The highest BCUT2D eigenvalue weighted by molar-refractivity contribution is 8.03. The zero-order chi connectivity index (χ0) is 19.3. The number of aliphatic hydroxyl groups excluding tert-OH is 1. The van der Waals surface area contributed by atoms with Gasteiger partial charge in [0.25, 0.3) is 0 Å². The van der Waals surface area contributed by atoms with E-state index in [2.05, 4.69) is 5.32 Å². The van der Waals surface area contributed by atoms with Crippen molar-refractivity contribution in [1.29, 1.82) is 0 Å². The number of β-lactam (4-membered cyclic amide) rings is 1. The maximum Gasteiger partial charge on any atom is 0.353 e. The lowest BCUT2D eigenvalue weighted by atomic mass is 9.79. The third kappa shape index (κ3) is 2.91. The van der Waals surface area contributed by atoms with Crippen molar-refractivity contribution in [2.75, 3.05) is 20.6 Å². The van der Waals surface area contributed by atoms with E-state index in [0.29, 0.717) is 17.9 Å². The number of aliphatic carboxylic acids is 1. The van der Waals surface area contributed by atoms with Crippen LogP contribution in [-0.4, -0.2) is 81.9 Å². The summed E-state index contributed by atoms with van der Waals surface area (Å²) < 4.78 is 0. The molecule has 6 atom stereocenters. The van der Waals surface area contributed by atoms with Crippen molar-refractivity contribution in [2.24, 2.45) is 11.8 Å². The van der Waals surface area contributed by atoms with Gasteiger partial charge < -0.3 is 25.3 Å². The smallest absolute Gasteiger partial charge is 0.353 e. The van der Waals surface area contributed by atoms with Gasteiger partial charge in [-0.25, -0.2) is 4.79 Å². The van der Waals surface area contributed by atoms with Crippen molar-refractivity contribution < 1.29 is 24.6 Å². The predicted molar refractivity (Wildman–Crippen MR) is 96.1 cm³/mol. The molecule has 0 aliphatic carbocycles. The molecule has 8 nitrogen and oxygen atoms in total. The molecule has 2 fully saturated rings. The second kappa shape index (κ2) is 6.86. The number of amides is 2. The van der Waals surface area contributed by atoms with Crippen LogP contribution in [0.15, 0.2) is 10.6 Å². The molecule has 0 aromatic carbocycles. The van der Waals surface area contributed by atoms with Gasteiger partial charge >= 0.3 is 5.97 Å². The predicted octanol–water partition coefficient (Wildman–Crippen LogP) is -0.308. The number of carbonyl (C=O) groups excluding carboxylic acids is 2. The van der Waals surface area contributed by atoms with Crippen LogP contribution < -0.4 is 5.32 Å². The number of carbonyl (C=O) groups is 3. The van der Waals surface area contributed by atoms with Crippen LogP contribution in [0.4, 0.5) is 0 Å². The number of carboxylic acid groups (broad SMARTS) is 1. The lowest BCUT2D eigenvalue weighted by Gasteiger charge is -2.46. The molecule has 3 aliphatic heterocycles. The van der Waals surface area contributed by atoms with Gasteiger partial charge in [-0.3, -0.25) is 9.59 Å². The van der Waals surface area contributed by atoms with Gasteiger partial charge in [0.2, 0.25) is 11.8 Å². The summed E-state index contributed by atoms with van der Waals surface area (Å²) in [5, 5.41) is 22.8. The minimum absolute atomic E-state index is 0.00757. The number of nitrogens with one attached hydrogen (secondary N) is 1. The Kier molecular flexibility index (Phi) is 5.06. The van der Waals surface area contributed by atoms with Gasteiger partial charge in [0, 0.05) is 36.7 Å². The zero-order valence-corrected chi connectivity index (χ0v) is 16.1. The van der Waals surface area contributed by atoms with Crippen molar-refractivity contribution in [3.8, 4) is 0 Å². The zero-order valence-electron chi connectivity index (χ0n) is 15.3. The van der Waals surface area contributed by atoms with Crippen LogP contribution in [0.25, 0.3) is 0 Å². The summed E-state index contributed by atoms with van der Waals surface area (Å²) in [6.45, 7) is 4.08. The molecule has 3 heterocycles. The molecule has 9 heteroatoms.